The van der Waals surface area contributed by atoms with E-state index in [4.69, 9.17) is 0 Å². The number of carbonyl (C=O) groups excluding carboxylic acids is 2. The van der Waals surface area contributed by atoms with Crippen molar-refractivity contribution in [3.05, 3.63) is 71.0 Å². The molecule has 2 heterocycles. The number of piperidine rings is 1. The molecule has 0 aliphatic carbocycles. The van der Waals surface area contributed by atoms with Crippen LogP contribution in [0.2, 0.25) is 0 Å². The Morgan fingerprint density at radius 2 is 1.75 bits per heavy atom. The molecule has 1 N–H and O–H groups in total. The van der Waals surface area contributed by atoms with Crippen molar-refractivity contribution < 1.29 is 14.0 Å². The maximum absolute atomic E-state index is 13.0. The van der Waals surface area contributed by atoms with Gasteiger partial charge in [0.2, 0.25) is 5.91 Å². The third-order valence-corrected chi connectivity index (χ3v) is 5.90. The SMILES string of the molecule is Cc1cccc(CC(=O)N2[C@@H]3CC[C@H]2CC(NC(=O)c2ccc(F)cc2)C3)c1. The summed E-state index contributed by atoms with van der Waals surface area (Å²) in [5.74, 6) is -0.347. The van der Waals surface area contributed by atoms with Crippen LogP contribution in [0.25, 0.3) is 0 Å². The molecule has 0 radical (unpaired) electrons. The number of fused-ring (bicyclic) bond motifs is 2. The zero-order valence-electron chi connectivity index (χ0n) is 16.0. The molecule has 146 valence electrons. The molecule has 2 fully saturated rings. The molecule has 0 aromatic heterocycles. The van der Waals surface area contributed by atoms with E-state index in [9.17, 15) is 14.0 Å². The van der Waals surface area contributed by atoms with Crippen molar-refractivity contribution in [2.24, 2.45) is 0 Å². The van der Waals surface area contributed by atoms with Crippen LogP contribution in [-0.2, 0) is 11.2 Å². The summed E-state index contributed by atoms with van der Waals surface area (Å²) in [6.45, 7) is 2.03. The van der Waals surface area contributed by atoms with Crippen LogP contribution < -0.4 is 5.32 Å². The molecule has 28 heavy (non-hydrogen) atoms. The molecule has 2 saturated heterocycles. The molecule has 4 rings (SSSR count). The number of nitrogens with zero attached hydrogens (tertiary/aromatic N) is 1. The smallest absolute Gasteiger partial charge is 0.251 e. The quantitative estimate of drug-likeness (QED) is 0.881. The van der Waals surface area contributed by atoms with Gasteiger partial charge in [0.1, 0.15) is 5.82 Å². The zero-order valence-corrected chi connectivity index (χ0v) is 16.0. The number of benzene rings is 2. The van der Waals surface area contributed by atoms with Crippen LogP contribution in [0.15, 0.2) is 48.5 Å². The first-order chi connectivity index (χ1) is 13.5. The average Bonchev–Trinajstić information content (AvgIpc) is 2.93. The Morgan fingerprint density at radius 3 is 2.39 bits per heavy atom. The third kappa shape index (κ3) is 3.93. The lowest BCUT2D eigenvalue weighted by Crippen LogP contribution is -2.52. The van der Waals surface area contributed by atoms with Crippen molar-refractivity contribution in [2.45, 2.75) is 57.2 Å². The van der Waals surface area contributed by atoms with Gasteiger partial charge in [-0.2, -0.15) is 0 Å². The van der Waals surface area contributed by atoms with Crippen molar-refractivity contribution in [3.63, 3.8) is 0 Å². The molecule has 2 bridgehead atoms. The highest BCUT2D eigenvalue weighted by molar-refractivity contribution is 5.94. The number of hydrogen-bond donors (Lipinski definition) is 1. The third-order valence-electron chi connectivity index (χ3n) is 5.90. The molecule has 4 nitrogen and oxygen atoms in total. The Labute approximate surface area is 164 Å². The van der Waals surface area contributed by atoms with Crippen LogP contribution in [0, 0.1) is 12.7 Å². The largest absolute Gasteiger partial charge is 0.349 e. The molecule has 0 saturated carbocycles. The summed E-state index contributed by atoms with van der Waals surface area (Å²) in [6.07, 6.45) is 3.98. The number of rotatable bonds is 4. The van der Waals surface area contributed by atoms with Crippen LogP contribution in [0.1, 0.15) is 47.2 Å². The maximum Gasteiger partial charge on any atom is 0.251 e. The normalized spacial score (nSPS) is 23.5. The van der Waals surface area contributed by atoms with E-state index in [-0.39, 0.29) is 35.8 Å². The highest BCUT2D eigenvalue weighted by Gasteiger charge is 2.43. The molecule has 1 unspecified atom stereocenters. The second-order valence-electron chi connectivity index (χ2n) is 8.00. The lowest BCUT2D eigenvalue weighted by molar-refractivity contribution is -0.135. The van der Waals surface area contributed by atoms with Gasteiger partial charge in [-0.15, -0.1) is 0 Å². The molecule has 2 aromatic rings. The van der Waals surface area contributed by atoms with E-state index < -0.39 is 0 Å². The van der Waals surface area contributed by atoms with Crippen LogP contribution >= 0.6 is 0 Å². The summed E-state index contributed by atoms with van der Waals surface area (Å²) < 4.78 is 13.0. The van der Waals surface area contributed by atoms with E-state index in [1.54, 1.807) is 0 Å². The Bertz CT molecular complexity index is 866. The standard InChI is InChI=1S/C23H25FN2O2/c1-15-3-2-4-16(11-15)12-22(27)26-20-9-10-21(26)14-19(13-20)25-23(28)17-5-7-18(24)8-6-17/h2-8,11,19-21H,9-10,12-14H2,1H3,(H,25,28)/t19?,20-,21+. The van der Waals surface area contributed by atoms with Crippen LogP contribution in [-0.4, -0.2) is 34.8 Å². The maximum atomic E-state index is 13.0. The molecule has 2 amide bonds. The summed E-state index contributed by atoms with van der Waals surface area (Å²) in [5.41, 5.74) is 2.68. The van der Waals surface area contributed by atoms with Gasteiger partial charge >= 0.3 is 0 Å². The number of halogens is 1. The Kier molecular flexibility index (Phi) is 5.16. The second-order valence-corrected chi connectivity index (χ2v) is 8.00. The average molecular weight is 380 g/mol. The van der Waals surface area contributed by atoms with Crippen molar-refractivity contribution in [1.82, 2.24) is 10.2 Å². The van der Waals surface area contributed by atoms with Gasteiger partial charge in [-0.05, 0) is 62.4 Å². The first-order valence-corrected chi connectivity index (χ1v) is 9.93. The van der Waals surface area contributed by atoms with Gasteiger partial charge < -0.3 is 10.2 Å². The number of hydrogen-bond acceptors (Lipinski definition) is 2. The Hall–Kier alpha value is -2.69. The lowest BCUT2D eigenvalue weighted by Gasteiger charge is -2.39. The number of nitrogens with one attached hydrogen (secondary N) is 1. The van der Waals surface area contributed by atoms with E-state index in [1.807, 2.05) is 25.1 Å². The van der Waals surface area contributed by atoms with Crippen molar-refractivity contribution >= 4 is 11.8 Å². The fraction of sp³-hybridized carbons (Fsp3) is 0.391. The van der Waals surface area contributed by atoms with Crippen LogP contribution in [0.3, 0.4) is 0 Å². The molecular formula is C23H25FN2O2. The van der Waals surface area contributed by atoms with Crippen molar-refractivity contribution in [2.75, 3.05) is 0 Å². The fourth-order valence-corrected chi connectivity index (χ4v) is 4.66. The second kappa shape index (κ2) is 7.74. The summed E-state index contributed by atoms with van der Waals surface area (Å²) in [6, 6.07) is 14.1. The first-order valence-electron chi connectivity index (χ1n) is 9.93. The van der Waals surface area contributed by atoms with E-state index in [2.05, 4.69) is 16.3 Å². The van der Waals surface area contributed by atoms with Crippen LogP contribution in [0.5, 0.6) is 0 Å². The molecule has 2 aliphatic rings. The Morgan fingerprint density at radius 1 is 1.07 bits per heavy atom. The summed E-state index contributed by atoms with van der Waals surface area (Å²) in [7, 11) is 0. The predicted molar refractivity (Wildman–Crippen MR) is 105 cm³/mol. The molecule has 3 atom stereocenters. The first kappa shape index (κ1) is 18.7. The van der Waals surface area contributed by atoms with Gasteiger partial charge in [-0.1, -0.05) is 29.8 Å². The van der Waals surface area contributed by atoms with E-state index in [1.165, 1.54) is 24.3 Å². The highest BCUT2D eigenvalue weighted by atomic mass is 19.1. The van der Waals surface area contributed by atoms with E-state index in [0.717, 1.165) is 36.8 Å². The van der Waals surface area contributed by atoms with Crippen molar-refractivity contribution in [3.8, 4) is 0 Å². The number of amides is 2. The molecule has 2 aromatic carbocycles. The minimum absolute atomic E-state index is 0.0538. The summed E-state index contributed by atoms with van der Waals surface area (Å²) in [5, 5.41) is 3.07. The fourth-order valence-electron chi connectivity index (χ4n) is 4.66. The minimum atomic E-state index is -0.352. The topological polar surface area (TPSA) is 49.4 Å². The van der Waals surface area contributed by atoms with Crippen LogP contribution in [0.4, 0.5) is 4.39 Å². The summed E-state index contributed by atoms with van der Waals surface area (Å²) in [4.78, 5) is 27.4. The van der Waals surface area contributed by atoms with E-state index >= 15 is 0 Å². The zero-order chi connectivity index (χ0) is 19.7. The van der Waals surface area contributed by atoms with Gasteiger partial charge in [0.25, 0.3) is 5.91 Å². The van der Waals surface area contributed by atoms with Gasteiger partial charge in [0.05, 0.1) is 6.42 Å². The predicted octanol–water partition coefficient (Wildman–Crippen LogP) is 3.63. The van der Waals surface area contributed by atoms with Gasteiger partial charge in [-0.25, -0.2) is 4.39 Å². The van der Waals surface area contributed by atoms with Crippen molar-refractivity contribution in [1.29, 1.82) is 0 Å². The molecule has 2 aliphatic heterocycles. The monoisotopic (exact) mass is 380 g/mol. The highest BCUT2D eigenvalue weighted by Crippen LogP contribution is 2.36. The van der Waals surface area contributed by atoms with Gasteiger partial charge in [0.15, 0.2) is 0 Å². The summed E-state index contributed by atoms with van der Waals surface area (Å²) >= 11 is 0. The number of carbonyl (C=O) groups is 2. The minimum Gasteiger partial charge on any atom is -0.349 e. The lowest BCUT2D eigenvalue weighted by atomic mass is 9.95. The Balaban J connectivity index is 1.38. The molecule has 0 spiro atoms. The molecular weight excluding hydrogens is 355 g/mol. The molecule has 5 heteroatoms. The van der Waals surface area contributed by atoms with Gasteiger partial charge in [0, 0.05) is 23.7 Å². The van der Waals surface area contributed by atoms with E-state index in [0.29, 0.717) is 12.0 Å². The number of aryl methyl sites for hydroxylation is 1. The van der Waals surface area contributed by atoms with Gasteiger partial charge in [-0.3, -0.25) is 9.59 Å².